The van der Waals surface area contributed by atoms with E-state index in [0.29, 0.717) is 24.2 Å². The van der Waals surface area contributed by atoms with Gasteiger partial charge >= 0.3 is 17.9 Å². The van der Waals surface area contributed by atoms with Crippen LogP contribution in [0.25, 0.3) is 11.0 Å². The lowest BCUT2D eigenvalue weighted by Gasteiger charge is -2.32. The van der Waals surface area contributed by atoms with E-state index in [-0.39, 0.29) is 43.0 Å². The molecule has 1 aliphatic carbocycles. The van der Waals surface area contributed by atoms with Crippen molar-refractivity contribution < 1.29 is 33.0 Å². The van der Waals surface area contributed by atoms with Gasteiger partial charge in [0.15, 0.2) is 11.3 Å². The summed E-state index contributed by atoms with van der Waals surface area (Å²) in [6.07, 6.45) is 2.51. The summed E-state index contributed by atoms with van der Waals surface area (Å²) < 4.78 is 22.3. The van der Waals surface area contributed by atoms with E-state index >= 15 is 0 Å². The van der Waals surface area contributed by atoms with Crippen molar-refractivity contribution in [3.05, 3.63) is 28.5 Å². The second-order valence-electron chi connectivity index (χ2n) is 7.50. The van der Waals surface area contributed by atoms with Gasteiger partial charge in [0.1, 0.15) is 12.7 Å². The number of carbonyl (C=O) groups is 3. The molecule has 3 rings (SSSR count). The molecule has 0 spiro atoms. The Bertz CT molecular complexity index is 969. The maximum Gasteiger partial charge on any atom is 0.311 e. The lowest BCUT2D eigenvalue weighted by molar-refractivity contribution is -0.147. The number of furan rings is 1. The summed E-state index contributed by atoms with van der Waals surface area (Å²) in [7, 11) is 0. The van der Waals surface area contributed by atoms with E-state index in [2.05, 4.69) is 0 Å². The number of hydrogen-bond acceptors (Lipinski definition) is 7. The van der Waals surface area contributed by atoms with Crippen LogP contribution in [-0.4, -0.2) is 24.0 Å². The number of aryl methyl sites for hydroxylation is 1. The number of fused-ring (bicyclic) bond motifs is 2. The summed E-state index contributed by atoms with van der Waals surface area (Å²) in [5.74, 6) is -0.738. The smallest absolute Gasteiger partial charge is 0.311 e. The Hall–Kier alpha value is -2.83. The lowest BCUT2D eigenvalue weighted by Crippen LogP contribution is -2.28. The first-order valence-electron chi connectivity index (χ1n) is 9.79. The third kappa shape index (κ3) is 4.13. The van der Waals surface area contributed by atoms with Crippen LogP contribution in [0.1, 0.15) is 68.7 Å². The van der Waals surface area contributed by atoms with E-state index in [1.165, 1.54) is 13.8 Å². The highest BCUT2D eigenvalue weighted by molar-refractivity contribution is 5.94. The molecule has 1 heterocycles. The Morgan fingerprint density at radius 2 is 1.93 bits per heavy atom. The largest absolute Gasteiger partial charge is 0.462 e. The summed E-state index contributed by atoms with van der Waals surface area (Å²) in [5, 5.41) is 0.793. The number of rotatable bonds is 5. The minimum Gasteiger partial charge on any atom is -0.462 e. The van der Waals surface area contributed by atoms with Crippen LogP contribution in [0.3, 0.4) is 0 Å². The molecule has 29 heavy (non-hydrogen) atoms. The Labute approximate surface area is 169 Å². The predicted octanol–water partition coefficient (Wildman–Crippen LogP) is 4.10. The first kappa shape index (κ1) is 20.9. The first-order chi connectivity index (χ1) is 13.7. The van der Waals surface area contributed by atoms with Crippen molar-refractivity contribution in [2.75, 3.05) is 0 Å². The number of esters is 3. The third-order valence-corrected chi connectivity index (χ3v) is 5.21. The van der Waals surface area contributed by atoms with Crippen molar-refractivity contribution in [2.45, 2.75) is 72.5 Å². The highest BCUT2D eigenvalue weighted by atomic mass is 16.5. The zero-order valence-corrected chi connectivity index (χ0v) is 17.4. The minimum absolute atomic E-state index is 0.00596. The van der Waals surface area contributed by atoms with E-state index in [0.717, 1.165) is 27.6 Å². The predicted molar refractivity (Wildman–Crippen MR) is 105 cm³/mol. The zero-order valence-electron chi connectivity index (χ0n) is 17.4. The molecule has 2 aromatic rings. The standard InChI is InChI=1S/C22H26O7/c1-6-18(25)29-21-16-8-15(28-14(5)24)7-11(2)19(16)17(10-26-13(4)23)20-12(3)9-27-22(20)21/h9,11,15H,6-8,10H2,1-5H3/t11-,15+/m0/s1. The van der Waals surface area contributed by atoms with Gasteiger partial charge in [-0.25, -0.2) is 0 Å². The summed E-state index contributed by atoms with van der Waals surface area (Å²) in [6.45, 7) is 8.49. The molecule has 156 valence electrons. The number of hydrogen-bond donors (Lipinski definition) is 0. The fraction of sp³-hybridized carbons (Fsp3) is 0.500. The first-order valence-corrected chi connectivity index (χ1v) is 9.79. The molecule has 2 atom stereocenters. The Morgan fingerprint density at radius 1 is 1.21 bits per heavy atom. The molecule has 0 unspecified atom stereocenters. The molecule has 0 saturated heterocycles. The molecule has 0 amide bonds. The summed E-state index contributed by atoms with van der Waals surface area (Å²) >= 11 is 0. The molecule has 0 aliphatic heterocycles. The Morgan fingerprint density at radius 3 is 2.55 bits per heavy atom. The summed E-state index contributed by atoms with van der Waals surface area (Å²) in [5.41, 5.74) is 3.89. The number of ether oxygens (including phenoxy) is 3. The SMILES string of the molecule is CCC(=O)Oc1c2c(c(COC(C)=O)c3c(C)coc13)[C@@H](C)C[C@@H](OC(C)=O)C2. The molecular formula is C22H26O7. The van der Waals surface area contributed by atoms with Crippen LogP contribution in [0, 0.1) is 6.92 Å². The van der Waals surface area contributed by atoms with Crippen LogP contribution in [0.4, 0.5) is 0 Å². The van der Waals surface area contributed by atoms with Gasteiger partial charge in [-0.05, 0) is 30.4 Å². The minimum atomic E-state index is -0.379. The van der Waals surface area contributed by atoms with Gasteiger partial charge in [0.2, 0.25) is 0 Å². The highest BCUT2D eigenvalue weighted by Gasteiger charge is 2.35. The Balaban J connectivity index is 2.25. The molecule has 0 bridgehead atoms. The van der Waals surface area contributed by atoms with Crippen molar-refractivity contribution in [1.82, 2.24) is 0 Å². The van der Waals surface area contributed by atoms with Gasteiger partial charge in [-0.1, -0.05) is 13.8 Å². The van der Waals surface area contributed by atoms with Crippen LogP contribution in [0.15, 0.2) is 10.7 Å². The number of carbonyl (C=O) groups excluding carboxylic acids is 3. The quantitative estimate of drug-likeness (QED) is 0.549. The molecule has 7 nitrogen and oxygen atoms in total. The molecule has 1 aromatic heterocycles. The average Bonchev–Trinajstić information content (AvgIpc) is 3.02. The Kier molecular flexibility index (Phi) is 5.96. The topological polar surface area (TPSA) is 92.0 Å². The monoisotopic (exact) mass is 402 g/mol. The average molecular weight is 402 g/mol. The van der Waals surface area contributed by atoms with Crippen LogP contribution in [-0.2, 0) is 36.9 Å². The molecule has 0 radical (unpaired) electrons. The van der Waals surface area contributed by atoms with Crippen LogP contribution in [0.5, 0.6) is 5.75 Å². The van der Waals surface area contributed by atoms with Crippen LogP contribution >= 0.6 is 0 Å². The van der Waals surface area contributed by atoms with Crippen LogP contribution < -0.4 is 4.74 Å². The van der Waals surface area contributed by atoms with E-state index in [1.807, 2.05) is 13.8 Å². The second kappa shape index (κ2) is 8.27. The van der Waals surface area contributed by atoms with Crippen molar-refractivity contribution in [1.29, 1.82) is 0 Å². The molecule has 1 aliphatic rings. The molecule has 1 aromatic carbocycles. The molecule has 7 heteroatoms. The second-order valence-corrected chi connectivity index (χ2v) is 7.50. The maximum atomic E-state index is 12.1. The van der Waals surface area contributed by atoms with Crippen LogP contribution in [0.2, 0.25) is 0 Å². The zero-order chi connectivity index (χ0) is 21.3. The van der Waals surface area contributed by atoms with E-state index < -0.39 is 0 Å². The van der Waals surface area contributed by atoms with Crippen molar-refractivity contribution in [3.63, 3.8) is 0 Å². The van der Waals surface area contributed by atoms with Crippen molar-refractivity contribution in [3.8, 4) is 5.75 Å². The van der Waals surface area contributed by atoms with E-state index in [9.17, 15) is 14.4 Å². The van der Waals surface area contributed by atoms with Gasteiger partial charge in [0.05, 0.1) is 6.26 Å². The molecule has 0 saturated carbocycles. The van der Waals surface area contributed by atoms with Gasteiger partial charge in [-0.15, -0.1) is 0 Å². The van der Waals surface area contributed by atoms with E-state index in [4.69, 9.17) is 18.6 Å². The normalized spacial score (nSPS) is 18.2. The highest BCUT2D eigenvalue weighted by Crippen LogP contribution is 2.46. The van der Waals surface area contributed by atoms with Gasteiger partial charge in [-0.2, -0.15) is 0 Å². The number of benzene rings is 1. The van der Waals surface area contributed by atoms with Crippen molar-refractivity contribution >= 4 is 28.9 Å². The van der Waals surface area contributed by atoms with Gasteiger partial charge in [0.25, 0.3) is 0 Å². The molecule has 0 N–H and O–H groups in total. The van der Waals surface area contributed by atoms with Crippen molar-refractivity contribution in [2.24, 2.45) is 0 Å². The summed E-state index contributed by atoms with van der Waals surface area (Å²) in [6, 6.07) is 0. The molecule has 0 fully saturated rings. The molecular weight excluding hydrogens is 376 g/mol. The fourth-order valence-electron chi connectivity index (χ4n) is 4.13. The maximum absolute atomic E-state index is 12.1. The van der Waals surface area contributed by atoms with Gasteiger partial charge in [0, 0.05) is 43.2 Å². The third-order valence-electron chi connectivity index (χ3n) is 5.21. The fourth-order valence-corrected chi connectivity index (χ4v) is 4.13. The lowest BCUT2D eigenvalue weighted by atomic mass is 9.78. The summed E-state index contributed by atoms with van der Waals surface area (Å²) in [4.78, 5) is 35.1. The van der Waals surface area contributed by atoms with Gasteiger partial charge < -0.3 is 18.6 Å². The van der Waals surface area contributed by atoms with Gasteiger partial charge in [-0.3, -0.25) is 14.4 Å². The van der Waals surface area contributed by atoms with E-state index in [1.54, 1.807) is 13.2 Å².